The van der Waals surface area contributed by atoms with E-state index in [4.69, 9.17) is 4.74 Å². The number of nitrogens with zero attached hydrogens (tertiary/aromatic N) is 3. The third-order valence-electron chi connectivity index (χ3n) is 5.22. The zero-order chi connectivity index (χ0) is 22.2. The minimum absolute atomic E-state index is 0.154. The number of hydrogen-bond donors (Lipinski definition) is 1. The molecule has 1 N–H and O–H groups in total. The number of amides is 1. The molecule has 1 aliphatic heterocycles. The second kappa shape index (κ2) is 8.50. The number of anilines is 1. The van der Waals surface area contributed by atoms with Crippen molar-refractivity contribution in [3.8, 4) is 0 Å². The molecule has 0 unspecified atom stereocenters. The Morgan fingerprint density at radius 2 is 1.87 bits per heavy atom. The summed E-state index contributed by atoms with van der Waals surface area (Å²) in [5.74, 6) is -0.406. The Bertz CT molecular complexity index is 1290. The maximum absolute atomic E-state index is 12.7. The molecule has 164 valence electrons. The number of nitrogens with one attached hydrogen (secondary N) is 1. The second-order valence-corrected chi connectivity index (χ2v) is 10.4. The van der Waals surface area contributed by atoms with Gasteiger partial charge in [-0.3, -0.25) is 14.2 Å². The lowest BCUT2D eigenvalue weighted by Gasteiger charge is -2.26. The van der Waals surface area contributed by atoms with E-state index < -0.39 is 15.9 Å². The molecule has 3 heterocycles. The van der Waals surface area contributed by atoms with Crippen LogP contribution < -0.4 is 10.9 Å². The molecule has 9 nitrogen and oxygen atoms in total. The van der Waals surface area contributed by atoms with Gasteiger partial charge in [0.25, 0.3) is 5.56 Å². The third-order valence-corrected chi connectivity index (χ3v) is 8.24. The van der Waals surface area contributed by atoms with Crippen molar-refractivity contribution in [2.24, 2.45) is 0 Å². The Morgan fingerprint density at radius 3 is 2.55 bits per heavy atom. The fourth-order valence-electron chi connectivity index (χ4n) is 3.38. The van der Waals surface area contributed by atoms with Crippen LogP contribution >= 0.6 is 11.3 Å². The minimum atomic E-state index is -3.60. The van der Waals surface area contributed by atoms with E-state index in [-0.39, 0.29) is 17.0 Å². The van der Waals surface area contributed by atoms with Crippen LogP contribution in [0, 0.1) is 13.8 Å². The first kappa shape index (κ1) is 21.6. The standard InChI is InChI=1S/C20H22N4O5S2/c1-13-14(2)30-19-18(13)20(26)23(12-21-19)11-17(25)22-15-3-5-16(6-4-15)31(27,28)24-7-9-29-10-8-24/h3-6,12H,7-11H2,1-2H3,(H,22,25). The van der Waals surface area contributed by atoms with E-state index in [1.165, 1.54) is 50.8 Å². The molecule has 11 heteroatoms. The van der Waals surface area contributed by atoms with Crippen LogP contribution in [-0.4, -0.2) is 54.5 Å². The van der Waals surface area contributed by atoms with Gasteiger partial charge in [-0.2, -0.15) is 4.31 Å². The van der Waals surface area contributed by atoms with Gasteiger partial charge in [0.2, 0.25) is 15.9 Å². The van der Waals surface area contributed by atoms with Gasteiger partial charge in [-0.25, -0.2) is 13.4 Å². The van der Waals surface area contributed by atoms with Crippen molar-refractivity contribution < 1.29 is 17.9 Å². The second-order valence-electron chi connectivity index (χ2n) is 7.23. The molecule has 1 saturated heterocycles. The normalized spacial score (nSPS) is 15.3. The lowest BCUT2D eigenvalue weighted by atomic mass is 10.2. The van der Waals surface area contributed by atoms with Crippen LogP contribution in [0.1, 0.15) is 10.4 Å². The molecule has 3 aromatic rings. The average Bonchev–Trinajstić information content (AvgIpc) is 3.05. The summed E-state index contributed by atoms with van der Waals surface area (Å²) in [5, 5.41) is 3.23. The Hall–Kier alpha value is -2.60. The summed E-state index contributed by atoms with van der Waals surface area (Å²) >= 11 is 1.45. The van der Waals surface area contributed by atoms with E-state index in [9.17, 15) is 18.0 Å². The largest absolute Gasteiger partial charge is 0.379 e. The van der Waals surface area contributed by atoms with Crippen LogP contribution in [0.25, 0.3) is 10.2 Å². The lowest BCUT2D eigenvalue weighted by Crippen LogP contribution is -2.40. The fourth-order valence-corrected chi connectivity index (χ4v) is 5.78. The monoisotopic (exact) mass is 462 g/mol. The molecular formula is C20H22N4O5S2. The van der Waals surface area contributed by atoms with E-state index in [1.807, 2.05) is 13.8 Å². The number of thiophene rings is 1. The molecule has 0 radical (unpaired) electrons. The van der Waals surface area contributed by atoms with Crippen LogP contribution in [0.2, 0.25) is 0 Å². The van der Waals surface area contributed by atoms with Gasteiger partial charge in [0.1, 0.15) is 11.4 Å². The number of aryl methyl sites for hydroxylation is 2. The number of aromatic nitrogens is 2. The smallest absolute Gasteiger partial charge is 0.262 e. The fraction of sp³-hybridized carbons (Fsp3) is 0.350. The molecule has 4 rings (SSSR count). The predicted octanol–water partition coefficient (Wildman–Crippen LogP) is 1.73. The van der Waals surface area contributed by atoms with Crippen molar-refractivity contribution in [2.75, 3.05) is 31.6 Å². The summed E-state index contributed by atoms with van der Waals surface area (Å²) < 4.78 is 33.2. The number of ether oxygens (including phenoxy) is 1. The maximum Gasteiger partial charge on any atom is 0.262 e. The van der Waals surface area contributed by atoms with Gasteiger partial charge in [0, 0.05) is 23.7 Å². The van der Waals surface area contributed by atoms with E-state index in [1.54, 1.807) is 0 Å². The highest BCUT2D eigenvalue weighted by atomic mass is 32.2. The van der Waals surface area contributed by atoms with Crippen molar-refractivity contribution >= 4 is 43.2 Å². The quantitative estimate of drug-likeness (QED) is 0.618. The number of morpholine rings is 1. The first-order valence-corrected chi connectivity index (χ1v) is 12.0. The summed E-state index contributed by atoms with van der Waals surface area (Å²) in [4.78, 5) is 31.3. The van der Waals surface area contributed by atoms with Gasteiger partial charge in [0.15, 0.2) is 0 Å². The molecule has 0 saturated carbocycles. The molecule has 1 fully saturated rings. The van der Waals surface area contributed by atoms with Crippen molar-refractivity contribution in [1.82, 2.24) is 13.9 Å². The predicted molar refractivity (Wildman–Crippen MR) is 118 cm³/mol. The van der Waals surface area contributed by atoms with Gasteiger partial charge < -0.3 is 10.1 Å². The van der Waals surface area contributed by atoms with Crippen LogP contribution in [0.3, 0.4) is 0 Å². The highest BCUT2D eigenvalue weighted by Crippen LogP contribution is 2.25. The summed E-state index contributed by atoms with van der Waals surface area (Å²) in [7, 11) is -3.60. The SMILES string of the molecule is Cc1sc2ncn(CC(=O)Nc3ccc(S(=O)(=O)N4CCOCC4)cc3)c(=O)c2c1C. The van der Waals surface area contributed by atoms with E-state index in [2.05, 4.69) is 10.3 Å². The third kappa shape index (κ3) is 4.26. The van der Waals surface area contributed by atoms with Crippen LogP contribution in [-0.2, 0) is 26.1 Å². The van der Waals surface area contributed by atoms with E-state index >= 15 is 0 Å². The van der Waals surface area contributed by atoms with Crippen LogP contribution in [0.15, 0.2) is 40.3 Å². The summed E-state index contributed by atoms with van der Waals surface area (Å²) in [6.45, 7) is 4.99. The summed E-state index contributed by atoms with van der Waals surface area (Å²) in [6, 6.07) is 5.97. The molecule has 0 atom stereocenters. The minimum Gasteiger partial charge on any atom is -0.379 e. The zero-order valence-electron chi connectivity index (χ0n) is 17.1. The molecule has 0 aliphatic carbocycles. The van der Waals surface area contributed by atoms with E-state index in [0.29, 0.717) is 42.2 Å². The number of carbonyl (C=O) groups excluding carboxylic acids is 1. The molecule has 1 amide bonds. The first-order chi connectivity index (χ1) is 14.8. The number of carbonyl (C=O) groups is 1. The van der Waals surface area contributed by atoms with Crippen molar-refractivity contribution in [2.45, 2.75) is 25.3 Å². The highest BCUT2D eigenvalue weighted by molar-refractivity contribution is 7.89. The van der Waals surface area contributed by atoms with Gasteiger partial charge in [-0.1, -0.05) is 0 Å². The number of fused-ring (bicyclic) bond motifs is 1. The first-order valence-electron chi connectivity index (χ1n) is 9.70. The van der Waals surface area contributed by atoms with Gasteiger partial charge in [0.05, 0.1) is 29.8 Å². The van der Waals surface area contributed by atoms with Gasteiger partial charge in [-0.15, -0.1) is 11.3 Å². The van der Waals surface area contributed by atoms with Crippen LogP contribution in [0.4, 0.5) is 5.69 Å². The number of hydrogen-bond acceptors (Lipinski definition) is 7. The summed E-state index contributed by atoms with van der Waals surface area (Å²) in [6.07, 6.45) is 1.37. The Morgan fingerprint density at radius 1 is 1.19 bits per heavy atom. The number of benzene rings is 1. The van der Waals surface area contributed by atoms with Gasteiger partial charge in [-0.05, 0) is 43.7 Å². The van der Waals surface area contributed by atoms with Crippen LogP contribution in [0.5, 0.6) is 0 Å². The Kier molecular flexibility index (Phi) is 5.93. The van der Waals surface area contributed by atoms with Crippen molar-refractivity contribution in [3.05, 3.63) is 51.4 Å². The molecule has 1 aromatic carbocycles. The highest BCUT2D eigenvalue weighted by Gasteiger charge is 2.26. The lowest BCUT2D eigenvalue weighted by molar-refractivity contribution is -0.116. The molecule has 0 bridgehead atoms. The Balaban J connectivity index is 1.47. The number of sulfonamides is 1. The molecule has 31 heavy (non-hydrogen) atoms. The topological polar surface area (TPSA) is 111 Å². The average molecular weight is 463 g/mol. The Labute approximate surface area is 183 Å². The molecule has 0 spiro atoms. The van der Waals surface area contributed by atoms with E-state index in [0.717, 1.165) is 10.4 Å². The van der Waals surface area contributed by atoms with Crippen molar-refractivity contribution in [1.29, 1.82) is 0 Å². The summed E-state index contributed by atoms with van der Waals surface area (Å²) in [5.41, 5.74) is 1.06. The molecule has 1 aliphatic rings. The molecule has 2 aromatic heterocycles. The van der Waals surface area contributed by atoms with Gasteiger partial charge >= 0.3 is 0 Å². The maximum atomic E-state index is 12.7. The zero-order valence-corrected chi connectivity index (χ0v) is 18.8. The number of rotatable bonds is 5. The van der Waals surface area contributed by atoms with Crippen molar-refractivity contribution in [3.63, 3.8) is 0 Å². The molecular weight excluding hydrogens is 440 g/mol.